The largest absolute Gasteiger partial charge is 0.397 e. The number of halogens is 1. The molecule has 0 radical (unpaired) electrons. The molecule has 1 amide bonds. The monoisotopic (exact) mass is 281 g/mol. The van der Waals surface area contributed by atoms with E-state index in [-0.39, 0.29) is 18.6 Å². The Morgan fingerprint density at radius 1 is 1.55 bits per heavy atom. The van der Waals surface area contributed by atoms with Gasteiger partial charge in [-0.25, -0.2) is 4.39 Å². The summed E-state index contributed by atoms with van der Waals surface area (Å²) in [6, 6.07) is 3.87. The first-order chi connectivity index (χ1) is 9.44. The molecular weight excluding hydrogens is 261 g/mol. The number of nitrogens with two attached hydrogens (primary N) is 1. The summed E-state index contributed by atoms with van der Waals surface area (Å²) >= 11 is 0. The van der Waals surface area contributed by atoms with Crippen LogP contribution in [-0.4, -0.2) is 42.2 Å². The van der Waals surface area contributed by atoms with Crippen LogP contribution in [0.5, 0.6) is 0 Å². The van der Waals surface area contributed by atoms with Gasteiger partial charge in [0.05, 0.1) is 24.0 Å². The zero-order chi connectivity index (χ0) is 14.7. The summed E-state index contributed by atoms with van der Waals surface area (Å²) in [6.07, 6.45) is 1.40. The van der Waals surface area contributed by atoms with Crippen LogP contribution in [0.3, 0.4) is 0 Å². The Bertz CT molecular complexity index is 489. The molecule has 0 heterocycles. The number of rotatable bonds is 5. The van der Waals surface area contributed by atoms with Crippen LogP contribution in [0.2, 0.25) is 0 Å². The highest BCUT2D eigenvalue weighted by Gasteiger charge is 2.28. The number of likely N-dealkylation sites (N-methyl/N-ethyl adjacent to an activating group) is 1. The Kier molecular flexibility index (Phi) is 4.57. The summed E-state index contributed by atoms with van der Waals surface area (Å²) in [5, 5.41) is 11.8. The van der Waals surface area contributed by atoms with E-state index in [2.05, 4.69) is 5.32 Å². The Morgan fingerprint density at radius 2 is 2.25 bits per heavy atom. The number of anilines is 2. The van der Waals surface area contributed by atoms with Crippen LogP contribution in [0.25, 0.3) is 0 Å². The van der Waals surface area contributed by atoms with Crippen molar-refractivity contribution in [3.63, 3.8) is 0 Å². The minimum atomic E-state index is -0.439. The highest BCUT2D eigenvalue weighted by atomic mass is 19.1. The van der Waals surface area contributed by atoms with Crippen LogP contribution in [0.15, 0.2) is 18.2 Å². The van der Waals surface area contributed by atoms with Crippen molar-refractivity contribution in [3.05, 3.63) is 24.0 Å². The molecule has 6 heteroatoms. The van der Waals surface area contributed by atoms with Crippen molar-refractivity contribution in [2.75, 3.05) is 31.2 Å². The molecule has 1 saturated carbocycles. The fourth-order valence-corrected chi connectivity index (χ4v) is 2.43. The number of carbonyl (C=O) groups is 1. The van der Waals surface area contributed by atoms with Gasteiger partial charge >= 0.3 is 0 Å². The van der Waals surface area contributed by atoms with Gasteiger partial charge in [-0.15, -0.1) is 0 Å². The molecule has 20 heavy (non-hydrogen) atoms. The van der Waals surface area contributed by atoms with Crippen molar-refractivity contribution >= 4 is 17.3 Å². The molecule has 5 nitrogen and oxygen atoms in total. The second kappa shape index (κ2) is 6.19. The van der Waals surface area contributed by atoms with Gasteiger partial charge in [0.1, 0.15) is 5.82 Å². The van der Waals surface area contributed by atoms with E-state index in [1.165, 1.54) is 18.2 Å². The molecule has 0 atom stereocenters. The van der Waals surface area contributed by atoms with E-state index in [0.717, 1.165) is 19.4 Å². The van der Waals surface area contributed by atoms with Crippen LogP contribution in [0, 0.1) is 11.7 Å². The van der Waals surface area contributed by atoms with E-state index in [4.69, 9.17) is 5.73 Å². The van der Waals surface area contributed by atoms with E-state index in [0.29, 0.717) is 17.3 Å². The quantitative estimate of drug-likeness (QED) is 0.705. The molecule has 1 aromatic carbocycles. The zero-order valence-corrected chi connectivity index (χ0v) is 11.5. The summed E-state index contributed by atoms with van der Waals surface area (Å²) in [5.41, 5.74) is 6.30. The SMILES string of the molecule is CN(CC(=O)Nc1cc(F)ccc1N)CC1CC(O)C1. The lowest BCUT2D eigenvalue weighted by Gasteiger charge is -2.34. The van der Waals surface area contributed by atoms with Gasteiger partial charge in [0.25, 0.3) is 0 Å². The number of nitrogen functional groups attached to an aromatic ring is 1. The third kappa shape index (κ3) is 3.91. The lowest BCUT2D eigenvalue weighted by atomic mass is 9.82. The topological polar surface area (TPSA) is 78.6 Å². The van der Waals surface area contributed by atoms with E-state index < -0.39 is 5.82 Å². The number of nitrogens with one attached hydrogen (secondary N) is 1. The Morgan fingerprint density at radius 3 is 2.90 bits per heavy atom. The first kappa shape index (κ1) is 14.7. The average Bonchev–Trinajstić information content (AvgIpc) is 2.31. The average molecular weight is 281 g/mol. The number of aliphatic hydroxyl groups excluding tert-OH is 1. The summed E-state index contributed by atoms with van der Waals surface area (Å²) in [5.74, 6) is -0.224. The fourth-order valence-electron chi connectivity index (χ4n) is 2.43. The molecule has 110 valence electrons. The normalized spacial score (nSPS) is 21.6. The third-order valence-corrected chi connectivity index (χ3v) is 3.48. The maximum atomic E-state index is 13.1. The Balaban J connectivity index is 1.81. The Labute approximate surface area is 117 Å². The summed E-state index contributed by atoms with van der Waals surface area (Å²) in [4.78, 5) is 13.7. The van der Waals surface area contributed by atoms with Gasteiger partial charge in [0, 0.05) is 6.54 Å². The smallest absolute Gasteiger partial charge is 0.238 e. The van der Waals surface area contributed by atoms with E-state index in [1.54, 1.807) is 0 Å². The van der Waals surface area contributed by atoms with Gasteiger partial charge in [-0.05, 0) is 44.0 Å². The second-order valence-electron chi connectivity index (χ2n) is 5.47. The van der Waals surface area contributed by atoms with Crippen molar-refractivity contribution in [1.29, 1.82) is 0 Å². The highest BCUT2D eigenvalue weighted by Crippen LogP contribution is 2.27. The molecule has 4 N–H and O–H groups in total. The molecule has 0 aliphatic heterocycles. The zero-order valence-electron chi connectivity index (χ0n) is 11.5. The molecule has 1 aliphatic rings. The van der Waals surface area contributed by atoms with Gasteiger partial charge in [-0.2, -0.15) is 0 Å². The van der Waals surface area contributed by atoms with Crippen LogP contribution in [0.1, 0.15) is 12.8 Å². The first-order valence-corrected chi connectivity index (χ1v) is 6.65. The second-order valence-corrected chi connectivity index (χ2v) is 5.47. The number of amides is 1. The van der Waals surface area contributed by atoms with Crippen LogP contribution >= 0.6 is 0 Å². The van der Waals surface area contributed by atoms with Crippen molar-refractivity contribution in [2.24, 2.45) is 5.92 Å². The van der Waals surface area contributed by atoms with Gasteiger partial charge in [-0.1, -0.05) is 0 Å². The Hall–Kier alpha value is -1.66. The predicted octanol–water partition coefficient (Wildman–Crippen LogP) is 1.05. The number of benzene rings is 1. The van der Waals surface area contributed by atoms with E-state index in [9.17, 15) is 14.3 Å². The predicted molar refractivity (Wildman–Crippen MR) is 75.7 cm³/mol. The molecule has 2 rings (SSSR count). The van der Waals surface area contributed by atoms with Gasteiger partial charge in [-0.3, -0.25) is 9.69 Å². The maximum Gasteiger partial charge on any atom is 0.238 e. The van der Waals surface area contributed by atoms with Gasteiger partial charge in [0.15, 0.2) is 0 Å². The summed E-state index contributed by atoms with van der Waals surface area (Å²) in [7, 11) is 1.85. The number of hydrogen-bond acceptors (Lipinski definition) is 4. The minimum absolute atomic E-state index is 0.186. The minimum Gasteiger partial charge on any atom is -0.397 e. The van der Waals surface area contributed by atoms with E-state index in [1.807, 2.05) is 11.9 Å². The summed E-state index contributed by atoms with van der Waals surface area (Å²) in [6.45, 7) is 0.978. The molecule has 0 spiro atoms. The molecule has 1 fully saturated rings. The van der Waals surface area contributed by atoms with E-state index >= 15 is 0 Å². The molecule has 1 aliphatic carbocycles. The van der Waals surface area contributed by atoms with Crippen molar-refractivity contribution in [2.45, 2.75) is 18.9 Å². The summed E-state index contributed by atoms with van der Waals surface area (Å²) < 4.78 is 13.1. The lowest BCUT2D eigenvalue weighted by molar-refractivity contribution is -0.117. The molecular formula is C14H20FN3O2. The highest BCUT2D eigenvalue weighted by molar-refractivity contribution is 5.95. The number of nitrogens with zero attached hydrogens (tertiary/aromatic N) is 1. The molecule has 0 aromatic heterocycles. The van der Waals surface area contributed by atoms with Crippen LogP contribution < -0.4 is 11.1 Å². The fraction of sp³-hybridized carbons (Fsp3) is 0.500. The van der Waals surface area contributed by atoms with Crippen molar-refractivity contribution in [1.82, 2.24) is 4.90 Å². The van der Waals surface area contributed by atoms with Crippen molar-refractivity contribution in [3.8, 4) is 0 Å². The number of hydrogen-bond donors (Lipinski definition) is 3. The first-order valence-electron chi connectivity index (χ1n) is 6.65. The molecule has 0 saturated heterocycles. The third-order valence-electron chi connectivity index (χ3n) is 3.48. The number of aliphatic hydroxyl groups is 1. The maximum absolute atomic E-state index is 13.1. The molecule has 0 bridgehead atoms. The molecule has 0 unspecified atom stereocenters. The van der Waals surface area contributed by atoms with Crippen LogP contribution in [0.4, 0.5) is 15.8 Å². The van der Waals surface area contributed by atoms with Gasteiger partial charge in [0.2, 0.25) is 5.91 Å². The molecule has 1 aromatic rings. The number of carbonyl (C=O) groups excluding carboxylic acids is 1. The van der Waals surface area contributed by atoms with Crippen molar-refractivity contribution < 1.29 is 14.3 Å². The lowest BCUT2D eigenvalue weighted by Crippen LogP contribution is -2.40. The van der Waals surface area contributed by atoms with Gasteiger partial charge < -0.3 is 16.2 Å². The van der Waals surface area contributed by atoms with Crippen LogP contribution in [-0.2, 0) is 4.79 Å². The standard InChI is InChI=1S/C14H20FN3O2/c1-18(7-9-4-11(19)5-9)8-14(20)17-13-6-10(15)2-3-12(13)16/h2-3,6,9,11,19H,4-5,7-8,16H2,1H3,(H,17,20).